The van der Waals surface area contributed by atoms with E-state index in [9.17, 15) is 8.42 Å². The Kier molecular flexibility index (Phi) is 2.55. The van der Waals surface area contributed by atoms with E-state index in [4.69, 9.17) is 4.74 Å². The largest absolute Gasteiger partial charge is 0.483 e. The molecule has 0 spiro atoms. The molecule has 1 aromatic rings. The number of anilines is 1. The monoisotopic (exact) mass is 267 g/mol. The molecule has 2 heterocycles. The first-order chi connectivity index (χ1) is 8.48. The van der Waals surface area contributed by atoms with E-state index in [0.717, 1.165) is 30.8 Å². The van der Waals surface area contributed by atoms with Crippen LogP contribution in [0, 0.1) is 0 Å². The highest BCUT2D eigenvalue weighted by molar-refractivity contribution is 7.93. The molecule has 18 heavy (non-hydrogen) atoms. The van der Waals surface area contributed by atoms with E-state index in [1.165, 1.54) is 5.56 Å². The lowest BCUT2D eigenvalue weighted by atomic mass is 10.0. The van der Waals surface area contributed by atoms with Crippen LogP contribution in [-0.4, -0.2) is 32.1 Å². The Morgan fingerprint density at radius 2 is 2.11 bits per heavy atom. The van der Waals surface area contributed by atoms with E-state index < -0.39 is 15.4 Å². The summed E-state index contributed by atoms with van der Waals surface area (Å²) in [6.07, 6.45) is 2.18. The van der Waals surface area contributed by atoms with E-state index in [2.05, 4.69) is 11.4 Å². The number of nitrogens with one attached hydrogen (secondary N) is 1. The summed E-state index contributed by atoms with van der Waals surface area (Å²) in [6.45, 7) is 2.80. The predicted molar refractivity (Wildman–Crippen MR) is 70.9 cm³/mol. The number of hydrogen-bond acceptors (Lipinski definition) is 4. The number of rotatable bonds is 2. The van der Waals surface area contributed by atoms with Crippen LogP contribution < -0.4 is 10.1 Å². The highest BCUT2D eigenvalue weighted by atomic mass is 32.2. The molecular weight excluding hydrogens is 250 g/mol. The van der Waals surface area contributed by atoms with E-state index >= 15 is 0 Å². The maximum absolute atomic E-state index is 11.3. The van der Waals surface area contributed by atoms with Crippen molar-refractivity contribution in [3.05, 3.63) is 23.8 Å². The molecule has 2 aliphatic heterocycles. The van der Waals surface area contributed by atoms with Crippen molar-refractivity contribution in [3.8, 4) is 5.75 Å². The second kappa shape index (κ2) is 3.88. The van der Waals surface area contributed by atoms with Crippen molar-refractivity contribution >= 4 is 15.5 Å². The van der Waals surface area contributed by atoms with Crippen LogP contribution in [-0.2, 0) is 16.3 Å². The standard InChI is InChI=1S/C13H17NO3S/c1-13(8-18(15,16)9-13)17-11-6-2-4-10-5-3-7-14-12(10)11/h2,4,6,14H,3,5,7-9H2,1H3. The van der Waals surface area contributed by atoms with Gasteiger partial charge in [0.2, 0.25) is 0 Å². The number of benzene rings is 1. The summed E-state index contributed by atoms with van der Waals surface area (Å²) in [7, 11) is -2.88. The molecule has 0 aromatic heterocycles. The molecule has 0 amide bonds. The Hall–Kier alpha value is -1.23. The van der Waals surface area contributed by atoms with Crippen molar-refractivity contribution in [1.29, 1.82) is 0 Å². The summed E-state index contributed by atoms with van der Waals surface area (Å²) in [6, 6.07) is 5.97. The maximum atomic E-state index is 11.3. The molecule has 4 nitrogen and oxygen atoms in total. The van der Waals surface area contributed by atoms with Gasteiger partial charge >= 0.3 is 0 Å². The third-order valence-corrected chi connectivity index (χ3v) is 5.54. The third kappa shape index (κ3) is 2.07. The maximum Gasteiger partial charge on any atom is 0.158 e. The number of para-hydroxylation sites is 1. The first-order valence-electron chi connectivity index (χ1n) is 6.23. The highest BCUT2D eigenvalue weighted by Crippen LogP contribution is 2.37. The van der Waals surface area contributed by atoms with Gasteiger partial charge in [-0.15, -0.1) is 0 Å². The molecular formula is C13H17NO3S. The summed E-state index contributed by atoms with van der Waals surface area (Å²) in [5.41, 5.74) is 1.73. The van der Waals surface area contributed by atoms with Crippen LogP contribution in [0.4, 0.5) is 5.69 Å². The molecule has 0 radical (unpaired) electrons. The zero-order chi connectivity index (χ0) is 12.8. The summed E-state index contributed by atoms with van der Waals surface area (Å²) in [4.78, 5) is 0. The fourth-order valence-electron chi connectivity index (χ4n) is 2.78. The third-order valence-electron chi connectivity index (χ3n) is 3.44. The number of aryl methyl sites for hydroxylation is 1. The second-order valence-corrected chi connectivity index (χ2v) is 7.47. The predicted octanol–water partition coefficient (Wildman–Crippen LogP) is 1.61. The van der Waals surface area contributed by atoms with E-state index in [0.29, 0.717) is 0 Å². The van der Waals surface area contributed by atoms with Gasteiger partial charge in [0, 0.05) is 6.54 Å². The zero-order valence-electron chi connectivity index (χ0n) is 10.4. The molecule has 1 N–H and O–H groups in total. The normalized spacial score (nSPS) is 23.4. The second-order valence-electron chi connectivity index (χ2n) is 5.40. The summed E-state index contributed by atoms with van der Waals surface area (Å²) in [5, 5.41) is 3.35. The summed E-state index contributed by atoms with van der Waals surface area (Å²) >= 11 is 0. The Morgan fingerprint density at radius 3 is 2.83 bits per heavy atom. The van der Waals surface area contributed by atoms with Gasteiger partial charge in [-0.1, -0.05) is 12.1 Å². The van der Waals surface area contributed by atoms with Gasteiger partial charge < -0.3 is 10.1 Å². The molecule has 0 saturated carbocycles. The van der Waals surface area contributed by atoms with Gasteiger partial charge in [-0.2, -0.15) is 0 Å². The van der Waals surface area contributed by atoms with Crippen molar-refractivity contribution in [1.82, 2.24) is 0 Å². The van der Waals surface area contributed by atoms with E-state index in [-0.39, 0.29) is 11.5 Å². The van der Waals surface area contributed by atoms with Gasteiger partial charge in [0.05, 0.1) is 17.2 Å². The number of fused-ring (bicyclic) bond motifs is 1. The van der Waals surface area contributed by atoms with Crippen LogP contribution >= 0.6 is 0 Å². The molecule has 1 fully saturated rings. The highest BCUT2D eigenvalue weighted by Gasteiger charge is 2.47. The SMILES string of the molecule is CC1(Oc2cccc3c2NCCC3)CS(=O)(=O)C1. The minimum atomic E-state index is -2.88. The number of hydrogen-bond donors (Lipinski definition) is 1. The first-order valence-corrected chi connectivity index (χ1v) is 8.05. The van der Waals surface area contributed by atoms with Crippen molar-refractivity contribution < 1.29 is 13.2 Å². The zero-order valence-corrected chi connectivity index (χ0v) is 11.2. The molecule has 0 atom stereocenters. The molecule has 0 bridgehead atoms. The van der Waals surface area contributed by atoms with Crippen LogP contribution in [0.1, 0.15) is 18.9 Å². The van der Waals surface area contributed by atoms with Crippen molar-refractivity contribution in [2.24, 2.45) is 0 Å². The molecule has 1 aromatic carbocycles. The lowest BCUT2D eigenvalue weighted by Crippen LogP contribution is -2.56. The minimum absolute atomic E-state index is 0.115. The molecule has 0 aliphatic carbocycles. The lowest BCUT2D eigenvalue weighted by molar-refractivity contribution is 0.121. The van der Waals surface area contributed by atoms with E-state index in [1.807, 2.05) is 19.1 Å². The average molecular weight is 267 g/mol. The van der Waals surface area contributed by atoms with Gasteiger partial charge in [0.1, 0.15) is 11.4 Å². The van der Waals surface area contributed by atoms with Crippen LogP contribution in [0.2, 0.25) is 0 Å². The summed E-state index contributed by atoms with van der Waals surface area (Å²) in [5.74, 6) is 1.01. The van der Waals surface area contributed by atoms with Crippen LogP contribution in [0.5, 0.6) is 5.75 Å². The van der Waals surface area contributed by atoms with Crippen LogP contribution in [0.25, 0.3) is 0 Å². The smallest absolute Gasteiger partial charge is 0.158 e. The molecule has 1 saturated heterocycles. The fourth-order valence-corrected chi connectivity index (χ4v) is 4.67. The van der Waals surface area contributed by atoms with Crippen molar-refractivity contribution in [2.75, 3.05) is 23.4 Å². The van der Waals surface area contributed by atoms with Crippen LogP contribution in [0.15, 0.2) is 18.2 Å². The van der Waals surface area contributed by atoms with Gasteiger partial charge in [-0.05, 0) is 31.4 Å². The molecule has 0 unspecified atom stereocenters. The fraction of sp³-hybridized carbons (Fsp3) is 0.538. The number of sulfone groups is 1. The quantitative estimate of drug-likeness (QED) is 0.884. The average Bonchev–Trinajstić information content (AvgIpc) is 2.26. The van der Waals surface area contributed by atoms with Crippen molar-refractivity contribution in [2.45, 2.75) is 25.4 Å². The van der Waals surface area contributed by atoms with Crippen molar-refractivity contribution in [3.63, 3.8) is 0 Å². The molecule has 98 valence electrons. The topological polar surface area (TPSA) is 55.4 Å². The van der Waals surface area contributed by atoms with E-state index in [1.54, 1.807) is 0 Å². The Balaban J connectivity index is 1.86. The van der Waals surface area contributed by atoms with Gasteiger partial charge in [0.15, 0.2) is 9.84 Å². The Morgan fingerprint density at radius 1 is 1.33 bits per heavy atom. The number of ether oxygens (including phenoxy) is 1. The Labute approximate surface area is 107 Å². The van der Waals surface area contributed by atoms with Gasteiger partial charge in [-0.3, -0.25) is 0 Å². The van der Waals surface area contributed by atoms with Gasteiger partial charge in [0.25, 0.3) is 0 Å². The molecule has 3 rings (SSSR count). The first kappa shape index (κ1) is 11.8. The molecule has 2 aliphatic rings. The van der Waals surface area contributed by atoms with Crippen LogP contribution in [0.3, 0.4) is 0 Å². The minimum Gasteiger partial charge on any atom is -0.483 e. The Bertz CT molecular complexity index is 568. The molecule has 5 heteroatoms. The summed E-state index contributed by atoms with van der Waals surface area (Å²) < 4.78 is 28.5. The lowest BCUT2D eigenvalue weighted by Gasteiger charge is -2.38. The van der Waals surface area contributed by atoms with Gasteiger partial charge in [-0.25, -0.2) is 8.42 Å².